The molecule has 2 aromatic rings. The van der Waals surface area contributed by atoms with Gasteiger partial charge in [-0.05, 0) is 41.8 Å². The van der Waals surface area contributed by atoms with Crippen LogP contribution < -0.4 is 20.1 Å². The maximum absolute atomic E-state index is 9.93. The van der Waals surface area contributed by atoms with E-state index in [1.807, 2.05) is 76.2 Å². The normalized spacial score (nSPS) is 13.4. The number of benzene rings is 2. The molecule has 2 rings (SSSR count). The number of hydrogen-bond acceptors (Lipinski definition) is 6. The summed E-state index contributed by atoms with van der Waals surface area (Å²) in [5.74, 6) is 1.50. The Balaban J connectivity index is 1.75. The summed E-state index contributed by atoms with van der Waals surface area (Å²) >= 11 is 0. The summed E-state index contributed by atoms with van der Waals surface area (Å²) in [6.45, 7) is 9.75. The average Bonchev–Trinajstić information content (AvgIpc) is 2.75. The van der Waals surface area contributed by atoms with Crippen molar-refractivity contribution in [3.8, 4) is 11.5 Å². The first-order valence-corrected chi connectivity index (χ1v) is 11.1. The van der Waals surface area contributed by atoms with Gasteiger partial charge in [0.15, 0.2) is 0 Å². The van der Waals surface area contributed by atoms with Gasteiger partial charge in [-0.25, -0.2) is 0 Å². The first-order chi connectivity index (χ1) is 14.8. The molecule has 4 N–H and O–H groups in total. The molecule has 0 heterocycles. The highest BCUT2D eigenvalue weighted by molar-refractivity contribution is 5.34. The third kappa shape index (κ3) is 10.6. The molecule has 0 fully saturated rings. The number of ether oxygens (including phenoxy) is 2. The molecule has 0 saturated carbocycles. The van der Waals surface area contributed by atoms with Crippen LogP contribution in [0, 0.1) is 0 Å². The van der Waals surface area contributed by atoms with Gasteiger partial charge in [0.25, 0.3) is 0 Å². The first kappa shape index (κ1) is 25.1. The van der Waals surface area contributed by atoms with E-state index in [-0.39, 0.29) is 13.2 Å². The van der Waals surface area contributed by atoms with E-state index in [1.54, 1.807) is 0 Å². The van der Waals surface area contributed by atoms with E-state index in [1.165, 1.54) is 11.1 Å². The Morgan fingerprint density at radius 1 is 0.645 bits per heavy atom. The third-order valence-electron chi connectivity index (χ3n) is 4.66. The second-order valence-corrected chi connectivity index (χ2v) is 8.52. The van der Waals surface area contributed by atoms with Crippen LogP contribution in [-0.2, 0) is 6.42 Å². The molecule has 0 radical (unpaired) electrons. The van der Waals surface area contributed by atoms with E-state index in [0.717, 1.165) is 17.9 Å². The quantitative estimate of drug-likeness (QED) is 0.369. The van der Waals surface area contributed by atoms with Gasteiger partial charge >= 0.3 is 0 Å². The van der Waals surface area contributed by atoms with Crippen molar-refractivity contribution in [1.82, 2.24) is 10.6 Å². The van der Waals surface area contributed by atoms with Gasteiger partial charge in [0, 0.05) is 25.2 Å². The van der Waals surface area contributed by atoms with Gasteiger partial charge in [-0.15, -0.1) is 0 Å². The molecule has 0 aromatic heterocycles. The minimum Gasteiger partial charge on any atom is -0.491 e. The third-order valence-corrected chi connectivity index (χ3v) is 4.66. The Labute approximate surface area is 186 Å². The molecule has 0 amide bonds. The number of rotatable bonds is 14. The van der Waals surface area contributed by atoms with Crippen LogP contribution in [0.3, 0.4) is 0 Å². The van der Waals surface area contributed by atoms with Gasteiger partial charge in [-0.3, -0.25) is 0 Å². The molecule has 0 saturated heterocycles. The monoisotopic (exact) mass is 430 g/mol. The van der Waals surface area contributed by atoms with Crippen molar-refractivity contribution >= 4 is 0 Å². The minimum absolute atomic E-state index is 0.267. The number of aliphatic hydroxyl groups is 2. The van der Waals surface area contributed by atoms with E-state index in [2.05, 4.69) is 10.6 Å². The minimum atomic E-state index is -0.532. The molecule has 6 nitrogen and oxygen atoms in total. The van der Waals surface area contributed by atoms with E-state index in [0.29, 0.717) is 25.2 Å². The molecule has 0 bridgehead atoms. The lowest BCUT2D eigenvalue weighted by Crippen LogP contribution is -2.35. The Morgan fingerprint density at radius 3 is 1.32 bits per heavy atom. The highest BCUT2D eigenvalue weighted by Gasteiger charge is 2.07. The van der Waals surface area contributed by atoms with Crippen molar-refractivity contribution in [3.63, 3.8) is 0 Å². The molecule has 0 unspecified atom stereocenters. The molecule has 31 heavy (non-hydrogen) atoms. The van der Waals surface area contributed by atoms with Crippen molar-refractivity contribution in [1.29, 1.82) is 0 Å². The van der Waals surface area contributed by atoms with Crippen molar-refractivity contribution in [2.24, 2.45) is 0 Å². The maximum atomic E-state index is 9.93. The second-order valence-electron chi connectivity index (χ2n) is 8.52. The summed E-state index contributed by atoms with van der Waals surface area (Å²) < 4.78 is 11.3. The highest BCUT2D eigenvalue weighted by atomic mass is 16.5. The van der Waals surface area contributed by atoms with Crippen LogP contribution in [-0.4, -0.2) is 60.8 Å². The summed E-state index contributed by atoms with van der Waals surface area (Å²) in [4.78, 5) is 0. The van der Waals surface area contributed by atoms with E-state index in [4.69, 9.17) is 9.47 Å². The molecule has 2 aromatic carbocycles. The van der Waals surface area contributed by atoms with E-state index in [9.17, 15) is 10.2 Å². The lowest BCUT2D eigenvalue weighted by atomic mass is 10.0. The Hall–Kier alpha value is -2.12. The van der Waals surface area contributed by atoms with Gasteiger partial charge < -0.3 is 30.3 Å². The fourth-order valence-corrected chi connectivity index (χ4v) is 2.89. The topological polar surface area (TPSA) is 83.0 Å². The fraction of sp³-hybridized carbons (Fsp3) is 0.520. The smallest absolute Gasteiger partial charge is 0.119 e. The summed E-state index contributed by atoms with van der Waals surface area (Å²) in [6.07, 6.45) is -0.256. The van der Waals surface area contributed by atoms with E-state index < -0.39 is 12.2 Å². The van der Waals surface area contributed by atoms with Gasteiger partial charge in [-0.2, -0.15) is 0 Å². The zero-order valence-corrected chi connectivity index (χ0v) is 19.2. The van der Waals surface area contributed by atoms with Gasteiger partial charge in [0.05, 0.1) is 0 Å². The van der Waals surface area contributed by atoms with Crippen LogP contribution in [0.15, 0.2) is 48.5 Å². The predicted octanol–water partition coefficient (Wildman–Crippen LogP) is 2.75. The predicted molar refractivity (Wildman–Crippen MR) is 125 cm³/mol. The van der Waals surface area contributed by atoms with Crippen LogP contribution in [0.4, 0.5) is 0 Å². The first-order valence-electron chi connectivity index (χ1n) is 11.1. The van der Waals surface area contributed by atoms with Crippen molar-refractivity contribution in [2.45, 2.75) is 58.4 Å². The van der Waals surface area contributed by atoms with Crippen LogP contribution in [0.1, 0.15) is 38.8 Å². The van der Waals surface area contributed by atoms with Gasteiger partial charge in [-0.1, -0.05) is 52.0 Å². The largest absolute Gasteiger partial charge is 0.491 e. The molecule has 2 atom stereocenters. The lowest BCUT2D eigenvalue weighted by molar-refractivity contribution is 0.104. The zero-order valence-electron chi connectivity index (χ0n) is 19.2. The SMILES string of the molecule is CC(C)NC[C@@H](O)COc1ccc(Cc2ccc(OC[C@@H](O)CNC(C)C)cc2)cc1. The Morgan fingerprint density at radius 2 is 1.00 bits per heavy atom. The molecule has 0 spiro atoms. The maximum Gasteiger partial charge on any atom is 0.119 e. The summed E-state index contributed by atoms with van der Waals surface area (Å²) in [5.41, 5.74) is 2.36. The second kappa shape index (κ2) is 13.3. The lowest BCUT2D eigenvalue weighted by Gasteiger charge is -2.15. The van der Waals surface area contributed by atoms with Crippen LogP contribution >= 0.6 is 0 Å². The molecular weight excluding hydrogens is 392 g/mol. The number of aliphatic hydroxyl groups excluding tert-OH is 2. The summed E-state index contributed by atoms with van der Waals surface area (Å²) in [5, 5.41) is 26.2. The highest BCUT2D eigenvalue weighted by Crippen LogP contribution is 2.18. The van der Waals surface area contributed by atoms with E-state index >= 15 is 0 Å². The Kier molecular flexibility index (Phi) is 10.8. The van der Waals surface area contributed by atoms with Gasteiger partial charge in [0.2, 0.25) is 0 Å². The molecule has 172 valence electrons. The van der Waals surface area contributed by atoms with Crippen LogP contribution in [0.25, 0.3) is 0 Å². The standard InChI is InChI=1S/C25H38N2O4/c1-18(2)26-14-22(28)16-30-24-9-5-20(6-10-24)13-21-7-11-25(12-8-21)31-17-23(29)15-27-19(3)4/h5-12,18-19,22-23,26-29H,13-17H2,1-4H3/t22-,23+. The van der Waals surface area contributed by atoms with Crippen molar-refractivity contribution in [3.05, 3.63) is 59.7 Å². The van der Waals surface area contributed by atoms with Crippen LogP contribution in [0.2, 0.25) is 0 Å². The van der Waals surface area contributed by atoms with Crippen molar-refractivity contribution in [2.75, 3.05) is 26.3 Å². The molecule has 0 aliphatic rings. The number of nitrogens with one attached hydrogen (secondary N) is 2. The molecule has 0 aliphatic carbocycles. The number of hydrogen-bond donors (Lipinski definition) is 4. The van der Waals surface area contributed by atoms with Gasteiger partial charge in [0.1, 0.15) is 36.9 Å². The fourth-order valence-electron chi connectivity index (χ4n) is 2.89. The Bertz CT molecular complexity index is 669. The zero-order chi connectivity index (χ0) is 22.6. The summed E-state index contributed by atoms with van der Waals surface area (Å²) in [6, 6.07) is 16.6. The summed E-state index contributed by atoms with van der Waals surface area (Å²) in [7, 11) is 0. The molecule has 0 aliphatic heterocycles. The van der Waals surface area contributed by atoms with Crippen LogP contribution in [0.5, 0.6) is 11.5 Å². The average molecular weight is 431 g/mol. The molecular formula is C25H38N2O4. The van der Waals surface area contributed by atoms with Crippen molar-refractivity contribution < 1.29 is 19.7 Å². The molecule has 6 heteroatoms.